The van der Waals surface area contributed by atoms with E-state index in [4.69, 9.17) is 0 Å². The highest BCUT2D eigenvalue weighted by atomic mass is 32.1. The van der Waals surface area contributed by atoms with E-state index in [2.05, 4.69) is 16.9 Å². The van der Waals surface area contributed by atoms with Gasteiger partial charge in [0.2, 0.25) is 5.91 Å². The molecular weight excluding hydrogens is 424 g/mol. The van der Waals surface area contributed by atoms with Crippen molar-refractivity contribution >= 4 is 29.2 Å². The second-order valence-corrected chi connectivity index (χ2v) is 9.28. The molecule has 2 aromatic heterocycles. The fourth-order valence-corrected chi connectivity index (χ4v) is 5.42. The van der Waals surface area contributed by atoms with Gasteiger partial charge in [-0.15, -0.1) is 17.9 Å². The Morgan fingerprint density at radius 2 is 2.09 bits per heavy atom. The van der Waals surface area contributed by atoms with E-state index in [-0.39, 0.29) is 23.8 Å². The number of allylic oxidation sites excluding steroid dienone is 1. The normalized spacial score (nSPS) is 21.6. The molecule has 0 saturated carbocycles. The number of hydrogen-bond donors (Lipinski definition) is 1. The van der Waals surface area contributed by atoms with Crippen molar-refractivity contribution in [3.8, 4) is 0 Å². The number of pyridine rings is 1. The molecule has 2 fully saturated rings. The number of piperidine rings is 1. The lowest BCUT2D eigenvalue weighted by Crippen LogP contribution is -2.54. The third-order valence-corrected chi connectivity index (χ3v) is 7.37. The molecule has 32 heavy (non-hydrogen) atoms. The van der Waals surface area contributed by atoms with Gasteiger partial charge in [-0.25, -0.2) is 4.79 Å². The van der Waals surface area contributed by atoms with Crippen LogP contribution in [0.25, 0.3) is 0 Å². The molecule has 1 atom stereocenters. The Morgan fingerprint density at radius 3 is 2.75 bits per heavy atom. The smallest absolute Gasteiger partial charge is 0.325 e. The molecule has 0 spiro atoms. The van der Waals surface area contributed by atoms with Gasteiger partial charge in [0.05, 0.1) is 0 Å². The molecule has 168 valence electrons. The maximum atomic E-state index is 13.8. The van der Waals surface area contributed by atoms with Crippen LogP contribution < -0.4 is 5.32 Å². The highest BCUT2D eigenvalue weighted by molar-refractivity contribution is 7.09. The summed E-state index contributed by atoms with van der Waals surface area (Å²) in [4.78, 5) is 47.7. The topological polar surface area (TPSA) is 82.6 Å². The first-order valence-electron chi connectivity index (χ1n) is 11.0. The Bertz CT molecular complexity index is 970. The highest BCUT2D eigenvalue weighted by Crippen LogP contribution is 2.41. The lowest BCUT2D eigenvalue weighted by atomic mass is 9.73. The van der Waals surface area contributed by atoms with Crippen LogP contribution in [-0.4, -0.2) is 52.3 Å². The highest BCUT2D eigenvalue weighted by Gasteiger charge is 2.57. The van der Waals surface area contributed by atoms with Crippen molar-refractivity contribution in [2.75, 3.05) is 19.6 Å². The summed E-state index contributed by atoms with van der Waals surface area (Å²) in [5, 5.41) is 5.04. The summed E-state index contributed by atoms with van der Waals surface area (Å²) in [6, 6.07) is 7.26. The molecule has 1 N–H and O–H groups in total. The maximum absolute atomic E-state index is 13.8. The van der Waals surface area contributed by atoms with Crippen molar-refractivity contribution < 1.29 is 14.4 Å². The largest absolute Gasteiger partial charge is 0.343 e. The quantitative estimate of drug-likeness (QED) is 0.492. The van der Waals surface area contributed by atoms with E-state index in [1.165, 1.54) is 4.90 Å². The molecular formula is C24H28N4O3S. The molecule has 2 aliphatic rings. The number of nitrogens with one attached hydrogen (secondary N) is 1. The van der Waals surface area contributed by atoms with Crippen molar-refractivity contribution in [2.24, 2.45) is 5.92 Å². The molecule has 0 aliphatic carbocycles. The number of nitrogens with zero attached hydrogens (tertiary/aromatic N) is 3. The number of carbonyl (C=O) groups is 3. The van der Waals surface area contributed by atoms with Crippen LogP contribution in [0.1, 0.15) is 36.1 Å². The predicted octanol–water partition coefficient (Wildman–Crippen LogP) is 3.34. The number of imide groups is 1. The standard InChI is InChI=1S/C24H28N4O3S/c1-2-3-8-21(29)27-13-9-18(10-14-27)24(19-6-4-12-25-17-19)22(30)28(23(31)26-24)15-11-20-7-5-16-32-20/h2,4-7,12,16-18H,1,3,8-11,13-15H2,(H,26,31)/t24-/m0/s1. The lowest BCUT2D eigenvalue weighted by molar-refractivity contribution is -0.136. The maximum Gasteiger partial charge on any atom is 0.325 e. The van der Waals surface area contributed by atoms with Gasteiger partial charge in [-0.05, 0) is 49.1 Å². The zero-order valence-electron chi connectivity index (χ0n) is 18.0. The third-order valence-electron chi connectivity index (χ3n) is 6.43. The van der Waals surface area contributed by atoms with Crippen LogP contribution >= 0.6 is 11.3 Å². The predicted molar refractivity (Wildman–Crippen MR) is 123 cm³/mol. The lowest BCUT2D eigenvalue weighted by Gasteiger charge is -2.41. The first-order chi connectivity index (χ1) is 15.6. The van der Waals surface area contributed by atoms with Gasteiger partial charge in [0.25, 0.3) is 5.91 Å². The average molecular weight is 453 g/mol. The minimum Gasteiger partial charge on any atom is -0.343 e. The SMILES string of the molecule is C=CCCC(=O)N1CCC([C@@]2(c3cccnc3)NC(=O)N(CCc3cccs3)C2=O)CC1. The first-order valence-corrected chi connectivity index (χ1v) is 11.9. The van der Waals surface area contributed by atoms with Crippen molar-refractivity contribution in [1.29, 1.82) is 0 Å². The van der Waals surface area contributed by atoms with Gasteiger partial charge in [-0.1, -0.05) is 18.2 Å². The number of rotatable bonds is 8. The molecule has 4 amide bonds. The Balaban J connectivity index is 1.55. The molecule has 0 bridgehead atoms. The average Bonchev–Trinajstić information content (AvgIpc) is 3.43. The molecule has 2 saturated heterocycles. The summed E-state index contributed by atoms with van der Waals surface area (Å²) < 4.78 is 0. The number of aromatic nitrogens is 1. The van der Waals surface area contributed by atoms with Crippen LogP contribution in [0.3, 0.4) is 0 Å². The molecule has 4 rings (SSSR count). The molecule has 0 radical (unpaired) electrons. The van der Waals surface area contributed by atoms with E-state index < -0.39 is 5.54 Å². The Hall–Kier alpha value is -3.00. The monoisotopic (exact) mass is 452 g/mol. The van der Waals surface area contributed by atoms with Gasteiger partial charge < -0.3 is 10.2 Å². The van der Waals surface area contributed by atoms with Crippen molar-refractivity contribution in [2.45, 2.75) is 37.6 Å². The third kappa shape index (κ3) is 4.19. The van der Waals surface area contributed by atoms with E-state index in [9.17, 15) is 14.4 Å². The van der Waals surface area contributed by atoms with Crippen LogP contribution in [0, 0.1) is 5.92 Å². The minimum absolute atomic E-state index is 0.109. The van der Waals surface area contributed by atoms with Crippen LogP contribution in [-0.2, 0) is 21.5 Å². The number of urea groups is 1. The summed E-state index contributed by atoms with van der Waals surface area (Å²) in [6.07, 6.45) is 8.10. The Labute approximate surface area is 192 Å². The number of hydrogen-bond acceptors (Lipinski definition) is 5. The van der Waals surface area contributed by atoms with Crippen LogP contribution in [0.4, 0.5) is 4.79 Å². The van der Waals surface area contributed by atoms with Crippen molar-refractivity contribution in [1.82, 2.24) is 20.1 Å². The van der Waals surface area contributed by atoms with Gasteiger partial charge in [-0.2, -0.15) is 0 Å². The number of amides is 4. The van der Waals surface area contributed by atoms with E-state index in [1.54, 1.807) is 35.9 Å². The van der Waals surface area contributed by atoms with E-state index in [0.29, 0.717) is 57.3 Å². The summed E-state index contributed by atoms with van der Waals surface area (Å²) in [5.41, 5.74) is -0.440. The zero-order valence-corrected chi connectivity index (χ0v) is 18.9. The fraction of sp³-hybridized carbons (Fsp3) is 0.417. The summed E-state index contributed by atoms with van der Waals surface area (Å²) in [6.45, 7) is 5.16. The first kappa shape index (κ1) is 22.2. The molecule has 8 heteroatoms. The minimum atomic E-state index is -1.14. The second kappa shape index (κ2) is 9.65. The van der Waals surface area contributed by atoms with Crippen LogP contribution in [0.15, 0.2) is 54.7 Å². The molecule has 7 nitrogen and oxygen atoms in total. The summed E-state index contributed by atoms with van der Waals surface area (Å²) >= 11 is 1.62. The molecule has 0 aromatic carbocycles. The zero-order chi connectivity index (χ0) is 22.6. The van der Waals surface area contributed by atoms with Gasteiger partial charge in [-0.3, -0.25) is 19.5 Å². The summed E-state index contributed by atoms with van der Waals surface area (Å²) in [7, 11) is 0. The van der Waals surface area contributed by atoms with Gasteiger partial charge >= 0.3 is 6.03 Å². The van der Waals surface area contributed by atoms with Gasteiger partial charge in [0, 0.05) is 48.9 Å². The van der Waals surface area contributed by atoms with E-state index >= 15 is 0 Å². The van der Waals surface area contributed by atoms with E-state index in [0.717, 1.165) is 4.88 Å². The van der Waals surface area contributed by atoms with Crippen LogP contribution in [0.2, 0.25) is 0 Å². The summed E-state index contributed by atoms with van der Waals surface area (Å²) in [5.74, 6) is -0.222. The Kier molecular flexibility index (Phi) is 6.69. The molecule has 2 aliphatic heterocycles. The number of likely N-dealkylation sites (tertiary alicyclic amines) is 1. The van der Waals surface area contributed by atoms with Gasteiger partial charge in [0.1, 0.15) is 0 Å². The molecule has 0 unspecified atom stereocenters. The van der Waals surface area contributed by atoms with Crippen LogP contribution in [0.5, 0.6) is 0 Å². The fourth-order valence-electron chi connectivity index (χ4n) is 4.72. The second-order valence-electron chi connectivity index (χ2n) is 8.25. The molecule has 2 aromatic rings. The van der Waals surface area contributed by atoms with E-state index in [1.807, 2.05) is 28.5 Å². The van der Waals surface area contributed by atoms with Crippen molar-refractivity contribution in [3.05, 3.63) is 65.1 Å². The Morgan fingerprint density at radius 1 is 1.28 bits per heavy atom. The number of carbonyl (C=O) groups excluding carboxylic acids is 3. The number of thiophene rings is 1. The molecule has 4 heterocycles. The van der Waals surface area contributed by atoms with Gasteiger partial charge in [0.15, 0.2) is 5.54 Å². The van der Waals surface area contributed by atoms with Crippen molar-refractivity contribution in [3.63, 3.8) is 0 Å².